The first-order valence-corrected chi connectivity index (χ1v) is 4.10. The second-order valence-electron chi connectivity index (χ2n) is 3.38. The topological polar surface area (TPSA) is 26.0 Å². The van der Waals surface area contributed by atoms with Gasteiger partial charge in [-0.3, -0.25) is 0 Å². The highest BCUT2D eigenvalue weighted by Crippen LogP contribution is 2.27. The van der Waals surface area contributed by atoms with Crippen LogP contribution in [0.25, 0.3) is 0 Å². The molecule has 1 nitrogen and oxygen atoms in total. The first-order valence-electron chi connectivity index (χ1n) is 4.10. The molecule has 1 rings (SSSR count). The number of halogens is 1. The van der Waals surface area contributed by atoms with Crippen LogP contribution >= 0.6 is 0 Å². The smallest absolute Gasteiger partial charge is 0.100 e. The Balaban J connectivity index is 2.32. The third-order valence-corrected chi connectivity index (χ3v) is 2.39. The highest BCUT2D eigenvalue weighted by atomic mass is 19.1. The van der Waals surface area contributed by atoms with Crippen LogP contribution in [0.2, 0.25) is 0 Å². The molecule has 0 saturated heterocycles. The van der Waals surface area contributed by atoms with Gasteiger partial charge < -0.3 is 5.73 Å². The Hall–Kier alpha value is -0.110. The van der Waals surface area contributed by atoms with E-state index in [1.54, 1.807) is 0 Å². The zero-order chi connectivity index (χ0) is 7.56. The summed E-state index contributed by atoms with van der Waals surface area (Å²) in [4.78, 5) is 0. The molecule has 2 N–H and O–H groups in total. The summed E-state index contributed by atoms with van der Waals surface area (Å²) in [5.41, 5.74) is 5.66. The average Bonchev–Trinajstić information content (AvgIpc) is 1.88. The second-order valence-corrected chi connectivity index (χ2v) is 3.38. The highest BCUT2D eigenvalue weighted by molar-refractivity contribution is 4.77. The van der Waals surface area contributed by atoms with Gasteiger partial charge in [0.1, 0.15) is 6.17 Å². The Kier molecular flexibility index (Phi) is 2.66. The zero-order valence-electron chi connectivity index (χ0n) is 6.52. The summed E-state index contributed by atoms with van der Waals surface area (Å²) in [5.74, 6) is 0.434. The van der Waals surface area contributed by atoms with Crippen molar-refractivity contribution in [2.24, 2.45) is 11.7 Å². The molecule has 10 heavy (non-hydrogen) atoms. The lowest BCUT2D eigenvalue weighted by Gasteiger charge is -2.27. The van der Waals surface area contributed by atoms with E-state index in [0.29, 0.717) is 12.3 Å². The number of nitrogens with two attached hydrogens (primary N) is 1. The standard InChI is InChI=1S/C8H16FN/c1-6(10)7-3-2-4-8(9)5-7/h6-8H,2-5,10H2,1H3/t6-,7-,8-/m0/s1. The normalized spacial score (nSPS) is 37.5. The highest BCUT2D eigenvalue weighted by Gasteiger charge is 2.23. The third kappa shape index (κ3) is 1.94. The Morgan fingerprint density at radius 2 is 2.20 bits per heavy atom. The minimum atomic E-state index is -0.579. The van der Waals surface area contributed by atoms with Crippen molar-refractivity contribution in [3.8, 4) is 0 Å². The molecule has 0 aliphatic heterocycles. The molecule has 0 aromatic carbocycles. The van der Waals surface area contributed by atoms with Crippen LogP contribution in [0, 0.1) is 5.92 Å². The Morgan fingerprint density at radius 3 is 2.60 bits per heavy atom. The number of hydrogen-bond acceptors (Lipinski definition) is 1. The molecule has 60 valence electrons. The average molecular weight is 145 g/mol. The van der Waals surface area contributed by atoms with Crippen molar-refractivity contribution < 1.29 is 4.39 Å². The molecule has 1 aliphatic rings. The monoisotopic (exact) mass is 145 g/mol. The predicted molar refractivity (Wildman–Crippen MR) is 40.5 cm³/mol. The van der Waals surface area contributed by atoms with Gasteiger partial charge in [0, 0.05) is 6.04 Å². The van der Waals surface area contributed by atoms with E-state index in [1.807, 2.05) is 6.92 Å². The lowest BCUT2D eigenvalue weighted by atomic mass is 9.84. The van der Waals surface area contributed by atoms with E-state index in [2.05, 4.69) is 0 Å². The van der Waals surface area contributed by atoms with Crippen LogP contribution in [0.3, 0.4) is 0 Å². The number of rotatable bonds is 1. The summed E-state index contributed by atoms with van der Waals surface area (Å²) in [6.07, 6.45) is 3.01. The first kappa shape index (κ1) is 7.99. The molecule has 1 fully saturated rings. The van der Waals surface area contributed by atoms with Crippen LogP contribution in [0.4, 0.5) is 4.39 Å². The van der Waals surface area contributed by atoms with Crippen molar-refractivity contribution in [1.82, 2.24) is 0 Å². The molecule has 1 aliphatic carbocycles. The van der Waals surface area contributed by atoms with Crippen LogP contribution in [0.1, 0.15) is 32.6 Å². The lowest BCUT2D eigenvalue weighted by Crippen LogP contribution is -2.31. The molecular formula is C8H16FN. The van der Waals surface area contributed by atoms with Crippen molar-refractivity contribution in [3.05, 3.63) is 0 Å². The van der Waals surface area contributed by atoms with Gasteiger partial charge in [0.25, 0.3) is 0 Å². The van der Waals surface area contributed by atoms with Gasteiger partial charge in [-0.2, -0.15) is 0 Å². The van der Waals surface area contributed by atoms with Gasteiger partial charge in [-0.05, 0) is 32.1 Å². The Labute approximate surface area is 61.8 Å². The lowest BCUT2D eigenvalue weighted by molar-refractivity contribution is 0.184. The molecule has 0 heterocycles. The van der Waals surface area contributed by atoms with E-state index in [1.165, 1.54) is 0 Å². The summed E-state index contributed by atoms with van der Waals surface area (Å²) < 4.78 is 12.7. The summed E-state index contributed by atoms with van der Waals surface area (Å²) in [5, 5.41) is 0. The quantitative estimate of drug-likeness (QED) is 0.598. The maximum Gasteiger partial charge on any atom is 0.100 e. The van der Waals surface area contributed by atoms with E-state index in [9.17, 15) is 4.39 Å². The minimum Gasteiger partial charge on any atom is -0.328 e. The van der Waals surface area contributed by atoms with Crippen LogP contribution in [0.5, 0.6) is 0 Å². The summed E-state index contributed by atoms with van der Waals surface area (Å²) in [6, 6.07) is 0.179. The summed E-state index contributed by atoms with van der Waals surface area (Å²) in [7, 11) is 0. The number of hydrogen-bond donors (Lipinski definition) is 1. The van der Waals surface area contributed by atoms with E-state index in [-0.39, 0.29) is 6.04 Å². The van der Waals surface area contributed by atoms with Crippen LogP contribution in [-0.2, 0) is 0 Å². The molecule has 0 spiro atoms. The molecule has 0 aromatic rings. The molecule has 0 radical (unpaired) electrons. The summed E-state index contributed by atoms with van der Waals surface area (Å²) >= 11 is 0. The van der Waals surface area contributed by atoms with Gasteiger partial charge in [0.15, 0.2) is 0 Å². The fourth-order valence-corrected chi connectivity index (χ4v) is 1.64. The second kappa shape index (κ2) is 3.33. The van der Waals surface area contributed by atoms with Gasteiger partial charge in [0.05, 0.1) is 0 Å². The molecule has 0 aromatic heterocycles. The van der Waals surface area contributed by atoms with Crippen LogP contribution in [-0.4, -0.2) is 12.2 Å². The molecule has 0 amide bonds. The van der Waals surface area contributed by atoms with Crippen molar-refractivity contribution in [2.45, 2.75) is 44.8 Å². The zero-order valence-corrected chi connectivity index (χ0v) is 6.52. The minimum absolute atomic E-state index is 0.179. The van der Waals surface area contributed by atoms with E-state index in [4.69, 9.17) is 5.73 Å². The van der Waals surface area contributed by atoms with Gasteiger partial charge in [0.2, 0.25) is 0 Å². The van der Waals surface area contributed by atoms with Gasteiger partial charge in [-0.15, -0.1) is 0 Å². The Morgan fingerprint density at radius 1 is 1.50 bits per heavy atom. The molecule has 0 unspecified atom stereocenters. The van der Waals surface area contributed by atoms with Crippen LogP contribution < -0.4 is 5.73 Å². The largest absolute Gasteiger partial charge is 0.328 e. The summed E-state index contributed by atoms with van der Waals surface area (Å²) in [6.45, 7) is 1.97. The number of alkyl halides is 1. The van der Waals surface area contributed by atoms with E-state index >= 15 is 0 Å². The van der Waals surface area contributed by atoms with E-state index < -0.39 is 6.17 Å². The molecule has 2 heteroatoms. The molecule has 0 bridgehead atoms. The van der Waals surface area contributed by atoms with Gasteiger partial charge in [-0.1, -0.05) is 6.42 Å². The maximum absolute atomic E-state index is 12.7. The van der Waals surface area contributed by atoms with Crippen molar-refractivity contribution in [1.29, 1.82) is 0 Å². The van der Waals surface area contributed by atoms with Gasteiger partial charge >= 0.3 is 0 Å². The fourth-order valence-electron chi connectivity index (χ4n) is 1.64. The predicted octanol–water partition coefficient (Wildman–Crippen LogP) is 1.86. The van der Waals surface area contributed by atoms with E-state index in [0.717, 1.165) is 19.3 Å². The Bertz CT molecular complexity index is 103. The van der Waals surface area contributed by atoms with Crippen molar-refractivity contribution in [3.63, 3.8) is 0 Å². The fraction of sp³-hybridized carbons (Fsp3) is 1.00. The SMILES string of the molecule is C[C@H](N)[C@H]1CCC[C@H](F)C1. The molecule has 3 atom stereocenters. The van der Waals surface area contributed by atoms with Gasteiger partial charge in [-0.25, -0.2) is 4.39 Å². The van der Waals surface area contributed by atoms with Crippen LogP contribution in [0.15, 0.2) is 0 Å². The molecule has 1 saturated carbocycles. The molecular weight excluding hydrogens is 129 g/mol. The first-order chi connectivity index (χ1) is 4.70. The van der Waals surface area contributed by atoms with Crippen molar-refractivity contribution >= 4 is 0 Å². The maximum atomic E-state index is 12.7. The third-order valence-electron chi connectivity index (χ3n) is 2.39. The van der Waals surface area contributed by atoms with Crippen molar-refractivity contribution in [2.75, 3.05) is 0 Å².